The Morgan fingerprint density at radius 1 is 0.860 bits per heavy atom. The van der Waals surface area contributed by atoms with E-state index in [1.165, 1.54) is 11.6 Å². The molecule has 4 rings (SSSR count). The van der Waals surface area contributed by atoms with E-state index in [4.69, 9.17) is 14.2 Å². The van der Waals surface area contributed by atoms with Crippen LogP contribution in [-0.4, -0.2) is 47.7 Å². The van der Waals surface area contributed by atoms with Crippen molar-refractivity contribution in [3.63, 3.8) is 0 Å². The number of aromatic nitrogens is 1. The molecule has 224 valence electrons. The van der Waals surface area contributed by atoms with Crippen LogP contribution in [0.2, 0.25) is 0 Å². The average molecular weight is 605 g/mol. The molecule has 1 N–H and O–H groups in total. The van der Waals surface area contributed by atoms with Crippen LogP contribution in [0.25, 0.3) is 21.9 Å². The van der Waals surface area contributed by atoms with Gasteiger partial charge < -0.3 is 24.1 Å². The van der Waals surface area contributed by atoms with Crippen molar-refractivity contribution in [2.24, 2.45) is 7.05 Å². The number of ether oxygens (including phenoxy) is 3. The Kier molecular flexibility index (Phi) is 9.77. The Labute approximate surface area is 252 Å². The van der Waals surface area contributed by atoms with Crippen LogP contribution in [0.15, 0.2) is 59.4 Å². The van der Waals surface area contributed by atoms with Crippen LogP contribution >= 0.6 is 11.3 Å². The van der Waals surface area contributed by atoms with Crippen molar-refractivity contribution in [2.45, 2.75) is 40.2 Å². The fourth-order valence-corrected chi connectivity index (χ4v) is 5.83. The minimum absolute atomic E-state index is 0.00933. The van der Waals surface area contributed by atoms with E-state index in [2.05, 4.69) is 5.32 Å². The largest absolute Gasteiger partial charge is 0.462 e. The predicted octanol–water partition coefficient (Wildman–Crippen LogP) is 5.50. The van der Waals surface area contributed by atoms with E-state index in [9.17, 15) is 24.0 Å². The molecule has 0 radical (unpaired) electrons. The van der Waals surface area contributed by atoms with Gasteiger partial charge >= 0.3 is 17.9 Å². The van der Waals surface area contributed by atoms with Gasteiger partial charge in [0.05, 0.1) is 18.8 Å². The van der Waals surface area contributed by atoms with Gasteiger partial charge in [-0.3, -0.25) is 9.59 Å². The summed E-state index contributed by atoms with van der Waals surface area (Å²) in [5.74, 6) is -2.94. The molecule has 0 saturated carbocycles. The van der Waals surface area contributed by atoms with Crippen molar-refractivity contribution in [3.05, 3.63) is 86.6 Å². The minimum Gasteiger partial charge on any atom is -0.462 e. The summed E-state index contributed by atoms with van der Waals surface area (Å²) < 4.78 is 17.2. The summed E-state index contributed by atoms with van der Waals surface area (Å²) in [6, 6.07) is 16.1. The Balaban J connectivity index is 1.72. The molecule has 1 unspecified atom stereocenters. The van der Waals surface area contributed by atoms with Gasteiger partial charge in [-0.25, -0.2) is 14.4 Å². The van der Waals surface area contributed by atoms with Gasteiger partial charge in [-0.2, -0.15) is 0 Å². The van der Waals surface area contributed by atoms with E-state index in [1.54, 1.807) is 52.0 Å². The summed E-state index contributed by atoms with van der Waals surface area (Å²) in [6.07, 6.45) is -1.20. The molecule has 43 heavy (non-hydrogen) atoms. The normalized spacial score (nSPS) is 11.6. The van der Waals surface area contributed by atoms with E-state index in [0.717, 1.165) is 11.3 Å². The maximum atomic E-state index is 13.8. The van der Waals surface area contributed by atoms with Crippen molar-refractivity contribution >= 4 is 50.9 Å². The summed E-state index contributed by atoms with van der Waals surface area (Å²) in [7, 11) is 1.48. The van der Waals surface area contributed by atoms with Crippen LogP contribution in [0.5, 0.6) is 0 Å². The second kappa shape index (κ2) is 13.5. The van der Waals surface area contributed by atoms with Gasteiger partial charge in [-0.05, 0) is 49.8 Å². The molecule has 0 spiro atoms. The van der Waals surface area contributed by atoms with Crippen molar-refractivity contribution in [3.8, 4) is 11.1 Å². The maximum Gasteiger partial charge on any atom is 0.356 e. The third kappa shape index (κ3) is 6.21. The number of nitrogens with one attached hydrogen (secondary N) is 1. The molecule has 1 atom stereocenters. The average Bonchev–Trinajstić information content (AvgIpc) is 3.33. The molecular formula is C32H32N2O8S. The highest BCUT2D eigenvalue weighted by Gasteiger charge is 2.31. The summed E-state index contributed by atoms with van der Waals surface area (Å²) in [6.45, 7) is 6.73. The molecule has 10 nitrogen and oxygen atoms in total. The zero-order chi connectivity index (χ0) is 31.3. The zero-order valence-corrected chi connectivity index (χ0v) is 25.3. The number of carbonyl (C=O) groups excluding carboxylic acids is 4. The van der Waals surface area contributed by atoms with Crippen LogP contribution in [0, 0.1) is 6.92 Å². The molecule has 0 saturated heterocycles. The standard InChI is InChI=1S/C32H32N2O8S/c1-6-22(27(35)33-28-23(30(37)40-7-2)18(4)26(43-28)32(39)41-8-3)42-31(38)25-24(19-14-10-9-11-15-19)20-16-12-13-17-21(20)29(36)34(25)5/h9-17,22H,6-8H2,1-5H3,(H,33,35). The van der Waals surface area contributed by atoms with Crippen LogP contribution < -0.4 is 10.9 Å². The minimum atomic E-state index is -1.29. The summed E-state index contributed by atoms with van der Waals surface area (Å²) >= 11 is 0.872. The fourth-order valence-electron chi connectivity index (χ4n) is 4.74. The topological polar surface area (TPSA) is 130 Å². The van der Waals surface area contributed by atoms with Gasteiger partial charge in [0.25, 0.3) is 11.5 Å². The first-order chi connectivity index (χ1) is 20.6. The van der Waals surface area contributed by atoms with E-state index in [-0.39, 0.29) is 46.3 Å². The highest BCUT2D eigenvalue weighted by Crippen LogP contribution is 2.35. The third-order valence-corrected chi connectivity index (χ3v) is 7.98. The number of nitrogens with zero attached hydrogens (tertiary/aromatic N) is 1. The van der Waals surface area contributed by atoms with Crippen molar-refractivity contribution in [1.82, 2.24) is 4.57 Å². The molecule has 0 aliphatic heterocycles. The van der Waals surface area contributed by atoms with Crippen molar-refractivity contribution in [2.75, 3.05) is 18.5 Å². The number of fused-ring (bicyclic) bond motifs is 1. The molecule has 0 aliphatic rings. The smallest absolute Gasteiger partial charge is 0.356 e. The number of benzene rings is 2. The lowest BCUT2D eigenvalue weighted by Crippen LogP contribution is -2.34. The summed E-state index contributed by atoms with van der Waals surface area (Å²) in [5, 5.41) is 3.72. The Morgan fingerprint density at radius 2 is 1.47 bits per heavy atom. The number of esters is 3. The number of amides is 1. The molecule has 11 heteroatoms. The maximum absolute atomic E-state index is 13.8. The van der Waals surface area contributed by atoms with Crippen LogP contribution in [0.3, 0.4) is 0 Å². The predicted molar refractivity (Wildman–Crippen MR) is 164 cm³/mol. The highest BCUT2D eigenvalue weighted by atomic mass is 32.1. The third-order valence-electron chi connectivity index (χ3n) is 6.80. The van der Waals surface area contributed by atoms with Crippen LogP contribution in [-0.2, 0) is 26.1 Å². The van der Waals surface area contributed by atoms with Gasteiger partial charge in [0.1, 0.15) is 15.6 Å². The Bertz CT molecular complexity index is 1760. The lowest BCUT2D eigenvalue weighted by atomic mass is 9.97. The van der Waals surface area contributed by atoms with E-state index < -0.39 is 29.9 Å². The van der Waals surface area contributed by atoms with E-state index in [1.807, 2.05) is 30.3 Å². The quantitative estimate of drug-likeness (QED) is 0.185. The number of rotatable bonds is 10. The van der Waals surface area contributed by atoms with Crippen molar-refractivity contribution < 1.29 is 33.4 Å². The summed E-state index contributed by atoms with van der Waals surface area (Å²) in [4.78, 5) is 65.9. The molecule has 2 aromatic carbocycles. The van der Waals surface area contributed by atoms with E-state index in [0.29, 0.717) is 27.5 Å². The lowest BCUT2D eigenvalue weighted by Gasteiger charge is -2.20. The van der Waals surface area contributed by atoms with Gasteiger partial charge in [-0.1, -0.05) is 55.5 Å². The molecule has 4 aromatic rings. The molecule has 0 fully saturated rings. The SMILES string of the molecule is CCOC(=O)c1sc(NC(=O)C(CC)OC(=O)c2c(-c3ccccc3)c3ccccc3c(=O)n2C)c(C(=O)OCC)c1C. The zero-order valence-electron chi connectivity index (χ0n) is 24.5. The van der Waals surface area contributed by atoms with Crippen LogP contribution in [0.1, 0.15) is 63.3 Å². The highest BCUT2D eigenvalue weighted by molar-refractivity contribution is 7.18. The monoisotopic (exact) mass is 604 g/mol. The second-order valence-corrected chi connectivity index (χ2v) is 10.5. The molecule has 0 bridgehead atoms. The number of carbonyl (C=O) groups is 4. The Morgan fingerprint density at radius 3 is 2.09 bits per heavy atom. The number of hydrogen-bond acceptors (Lipinski definition) is 9. The Hall–Kier alpha value is -4.77. The van der Waals surface area contributed by atoms with Crippen LogP contribution in [0.4, 0.5) is 5.00 Å². The second-order valence-electron chi connectivity index (χ2n) is 9.49. The summed E-state index contributed by atoms with van der Waals surface area (Å²) in [5.41, 5.74) is 1.12. The fraction of sp³-hybridized carbons (Fsp3) is 0.281. The molecule has 2 aromatic heterocycles. The number of hydrogen-bond donors (Lipinski definition) is 1. The number of pyridine rings is 1. The van der Waals surface area contributed by atoms with E-state index >= 15 is 0 Å². The van der Waals surface area contributed by atoms with Crippen molar-refractivity contribution in [1.29, 1.82) is 0 Å². The van der Waals surface area contributed by atoms with Gasteiger partial charge in [-0.15, -0.1) is 11.3 Å². The first-order valence-corrected chi connectivity index (χ1v) is 14.6. The lowest BCUT2D eigenvalue weighted by molar-refractivity contribution is -0.124. The number of thiophene rings is 1. The van der Waals surface area contributed by atoms with Gasteiger partial charge in [0.15, 0.2) is 6.10 Å². The number of anilines is 1. The first kappa shape index (κ1) is 31.2. The first-order valence-electron chi connectivity index (χ1n) is 13.8. The molecule has 0 aliphatic carbocycles. The molecule has 1 amide bonds. The van der Waals surface area contributed by atoms with Gasteiger partial charge in [0, 0.05) is 18.0 Å². The molecule has 2 heterocycles. The molecular weight excluding hydrogens is 572 g/mol. The van der Waals surface area contributed by atoms with Gasteiger partial charge in [0.2, 0.25) is 0 Å².